The number of nitrogens with zero attached hydrogens (tertiary/aromatic N) is 2. The zero-order chi connectivity index (χ0) is 20.1. The van der Waals surface area contributed by atoms with E-state index in [1.165, 1.54) is 18.2 Å². The molecule has 0 saturated carbocycles. The molecule has 0 spiro atoms. The van der Waals surface area contributed by atoms with Crippen LogP contribution in [0.3, 0.4) is 0 Å². The van der Waals surface area contributed by atoms with Crippen LogP contribution in [0.2, 0.25) is 0 Å². The molecule has 0 bridgehead atoms. The Kier molecular flexibility index (Phi) is 5.26. The summed E-state index contributed by atoms with van der Waals surface area (Å²) in [5.74, 6) is -1.11. The van der Waals surface area contributed by atoms with Gasteiger partial charge in [-0.15, -0.1) is 0 Å². The standard InChI is InChI=1S/C18H16F3N2O2.Y/c1-5-8-17(4)15(25)23(14(24)16(17,2)3)12-7-6-11(10-22)13(9-12)18(19,20)21;/h5-7H,1,8H2,2-4H3;. The molecule has 1 aliphatic heterocycles. The van der Waals surface area contributed by atoms with Crippen LogP contribution in [0.4, 0.5) is 18.9 Å². The second-order valence-corrected chi connectivity index (χ2v) is 8.35. The molecule has 1 saturated heterocycles. The van der Waals surface area contributed by atoms with Crippen molar-refractivity contribution < 1.29 is 53.7 Å². The van der Waals surface area contributed by atoms with Crippen LogP contribution in [-0.4, -0.2) is 11.8 Å². The monoisotopic (exact) mass is 438 g/mol. The number of halogens is 3. The minimum absolute atomic E-state index is 0.00795. The van der Waals surface area contributed by atoms with E-state index in [0.717, 1.165) is 11.0 Å². The molecule has 2 amide bonds. The van der Waals surface area contributed by atoms with Gasteiger partial charge in [-0.25, -0.2) is 0 Å². The number of nitriles is 1. The van der Waals surface area contributed by atoms with Crippen molar-refractivity contribution >= 4 is 19.9 Å². The summed E-state index contributed by atoms with van der Waals surface area (Å²) >= 11 is -0.00795. The van der Waals surface area contributed by atoms with Crippen molar-refractivity contribution in [2.45, 2.75) is 33.4 Å². The first-order valence-corrected chi connectivity index (χ1v) is 9.16. The normalized spacial score (nSPS) is 22.4. The van der Waals surface area contributed by atoms with Crippen molar-refractivity contribution in [3.8, 4) is 6.07 Å². The fourth-order valence-corrected chi connectivity index (χ4v) is 4.51. The van der Waals surface area contributed by atoms with Crippen molar-refractivity contribution in [1.29, 1.82) is 5.26 Å². The Balaban J connectivity index is 2.74. The van der Waals surface area contributed by atoms with Crippen molar-refractivity contribution in [2.75, 3.05) is 4.90 Å². The van der Waals surface area contributed by atoms with Crippen molar-refractivity contribution in [1.82, 2.24) is 0 Å². The third-order valence-electron chi connectivity index (χ3n) is 5.21. The molecule has 4 nitrogen and oxygen atoms in total. The summed E-state index contributed by atoms with van der Waals surface area (Å²) in [4.78, 5) is 26.8. The second-order valence-electron chi connectivity index (χ2n) is 6.93. The van der Waals surface area contributed by atoms with E-state index >= 15 is 0 Å². The minimum atomic E-state index is -4.75. The molecule has 2 rings (SSSR count). The Hall–Kier alpha value is -1.52. The molecule has 0 aromatic heterocycles. The third-order valence-corrected chi connectivity index (χ3v) is 6.65. The van der Waals surface area contributed by atoms with Crippen LogP contribution in [0.25, 0.3) is 0 Å². The van der Waals surface area contributed by atoms with Crippen LogP contribution < -0.4 is 7.27 Å². The number of imide groups is 1. The number of rotatable bonds is 3. The van der Waals surface area contributed by atoms with E-state index < -0.39 is 39.9 Å². The number of hydrogen-bond acceptors (Lipinski definition) is 3. The van der Waals surface area contributed by atoms with Gasteiger partial charge in [0.15, 0.2) is 0 Å². The van der Waals surface area contributed by atoms with Gasteiger partial charge >= 0.3 is 170 Å². The summed E-state index contributed by atoms with van der Waals surface area (Å²) in [6.45, 7) is 8.46. The van der Waals surface area contributed by atoms with Gasteiger partial charge in [-0.2, -0.15) is 0 Å². The van der Waals surface area contributed by atoms with Gasteiger partial charge in [0, 0.05) is 0 Å². The van der Waals surface area contributed by atoms with E-state index in [9.17, 15) is 22.8 Å². The van der Waals surface area contributed by atoms with E-state index in [1.807, 2.05) is 0 Å². The molecule has 26 heavy (non-hydrogen) atoms. The van der Waals surface area contributed by atoms with Crippen LogP contribution in [-0.2, 0) is 46.7 Å². The number of alkyl halides is 3. The first-order valence-electron chi connectivity index (χ1n) is 7.74. The number of benzene rings is 1. The Bertz CT molecular complexity index is 855. The van der Waals surface area contributed by atoms with Crippen LogP contribution in [0, 0.1) is 22.2 Å². The molecule has 1 aromatic carbocycles. The maximum atomic E-state index is 13.5. The molecule has 1 heterocycles. The molecule has 0 radical (unpaired) electrons. The van der Waals surface area contributed by atoms with Gasteiger partial charge in [-0.1, -0.05) is 0 Å². The summed E-state index contributed by atoms with van der Waals surface area (Å²) in [6, 6.07) is 3.79. The Labute approximate surface area is 169 Å². The number of allylic oxidation sites excluding steroid dienone is 1. The number of hydrogen-bond donors (Lipinski definition) is 0. The molecular weight excluding hydrogens is 422 g/mol. The third kappa shape index (κ3) is 2.84. The SMILES string of the molecule is C=CCC1(C)C(=O)N(c2ccc(C#N)c(C(F)(F)F)[c]2[Y])C(=O)C1(C)C. The Morgan fingerprint density at radius 1 is 1.27 bits per heavy atom. The molecule has 0 aliphatic carbocycles. The quantitative estimate of drug-likeness (QED) is 0.538. The summed E-state index contributed by atoms with van der Waals surface area (Å²) in [7, 11) is 0. The van der Waals surface area contributed by atoms with Crippen molar-refractivity contribution in [3.63, 3.8) is 0 Å². The average Bonchev–Trinajstić information content (AvgIpc) is 2.65. The molecule has 1 atom stereocenters. The molecule has 1 fully saturated rings. The molecule has 8 heteroatoms. The molecule has 1 unspecified atom stereocenters. The zero-order valence-corrected chi connectivity index (χ0v) is 17.4. The summed E-state index contributed by atoms with van der Waals surface area (Å²) in [6.07, 6.45) is -3.00. The second kappa shape index (κ2) is 6.58. The number of amides is 2. The first-order chi connectivity index (χ1) is 11.8. The summed E-state index contributed by atoms with van der Waals surface area (Å²) in [5.41, 5.74) is -3.89. The van der Waals surface area contributed by atoms with Crippen LogP contribution in [0.15, 0.2) is 24.8 Å². The fourth-order valence-electron chi connectivity index (χ4n) is 3.17. The van der Waals surface area contributed by atoms with Crippen molar-refractivity contribution in [3.05, 3.63) is 35.9 Å². The van der Waals surface area contributed by atoms with Gasteiger partial charge in [-0.05, 0) is 0 Å². The van der Waals surface area contributed by atoms with Crippen LogP contribution >= 0.6 is 0 Å². The Morgan fingerprint density at radius 2 is 1.85 bits per heavy atom. The van der Waals surface area contributed by atoms with Gasteiger partial charge in [0.05, 0.1) is 0 Å². The first kappa shape index (κ1) is 20.8. The molecule has 1 aromatic rings. The maximum absolute atomic E-state index is 13.5. The topological polar surface area (TPSA) is 61.2 Å². The summed E-state index contributed by atoms with van der Waals surface area (Å²) < 4.78 is 40.2. The van der Waals surface area contributed by atoms with Gasteiger partial charge in [0.2, 0.25) is 0 Å². The number of anilines is 1. The van der Waals surface area contributed by atoms with E-state index in [0.29, 0.717) is 0 Å². The fraction of sp³-hybridized carbons (Fsp3) is 0.389. The molecular formula is C18H16F3N2O2Y. The van der Waals surface area contributed by atoms with E-state index in [2.05, 4.69) is 6.58 Å². The predicted molar refractivity (Wildman–Crippen MR) is 85.0 cm³/mol. The number of carbonyl (C=O) groups is 2. The van der Waals surface area contributed by atoms with Gasteiger partial charge in [-0.3, -0.25) is 0 Å². The Morgan fingerprint density at radius 3 is 2.31 bits per heavy atom. The number of carbonyl (C=O) groups excluding carboxylic acids is 2. The molecule has 1 aliphatic rings. The molecule has 134 valence electrons. The zero-order valence-electron chi connectivity index (χ0n) is 14.6. The van der Waals surface area contributed by atoms with Gasteiger partial charge < -0.3 is 0 Å². The van der Waals surface area contributed by atoms with E-state index in [1.54, 1.807) is 20.8 Å². The van der Waals surface area contributed by atoms with Crippen molar-refractivity contribution in [2.24, 2.45) is 10.8 Å². The summed E-state index contributed by atoms with van der Waals surface area (Å²) in [5, 5.41) is 9.01. The van der Waals surface area contributed by atoms with Crippen LogP contribution in [0.5, 0.6) is 0 Å². The average molecular weight is 438 g/mol. The van der Waals surface area contributed by atoms with E-state index in [-0.39, 0.29) is 45.4 Å². The predicted octanol–water partition coefficient (Wildman–Crippen LogP) is 3.23. The molecule has 0 N–H and O–H groups in total. The van der Waals surface area contributed by atoms with Crippen LogP contribution in [0.1, 0.15) is 38.3 Å². The van der Waals surface area contributed by atoms with Gasteiger partial charge in [0.25, 0.3) is 0 Å². The van der Waals surface area contributed by atoms with Gasteiger partial charge in [0.1, 0.15) is 0 Å². The van der Waals surface area contributed by atoms with E-state index in [4.69, 9.17) is 5.26 Å².